The predicted octanol–water partition coefficient (Wildman–Crippen LogP) is 7.46. The molecule has 0 amide bonds. The first-order valence-corrected chi connectivity index (χ1v) is 10.8. The molecule has 4 rings (SSSR count). The first-order chi connectivity index (χ1) is 14.3. The third-order valence-electron chi connectivity index (χ3n) is 5.53. The van der Waals surface area contributed by atoms with Gasteiger partial charge >= 0.3 is 0 Å². The molecule has 30 heavy (non-hydrogen) atoms. The maximum Gasteiger partial charge on any atom is 0.116 e. The summed E-state index contributed by atoms with van der Waals surface area (Å²) in [5.74, 6) is 0.659. The normalized spacial score (nSPS) is 11.9. The van der Waals surface area contributed by atoms with Crippen molar-refractivity contribution in [2.75, 3.05) is 0 Å². The van der Waals surface area contributed by atoms with Gasteiger partial charge in [-0.05, 0) is 57.9 Å². The van der Waals surface area contributed by atoms with E-state index in [0.717, 1.165) is 28.9 Å². The standard InChI is InChI=1S/C28H30N2/c1-19(2)14-20-10-12-21(13-11-20)26-17-27(30-18-29-26)23-15-22-8-6-7-9-24(22)25(16-23)28(3,4)5/h6-13,15-19H,14H2,1-5H3. The van der Waals surface area contributed by atoms with Crippen LogP contribution in [0, 0.1) is 5.92 Å². The minimum Gasteiger partial charge on any atom is -0.236 e. The van der Waals surface area contributed by atoms with Crippen molar-refractivity contribution in [3.05, 3.63) is 84.2 Å². The molecule has 0 bridgehead atoms. The van der Waals surface area contributed by atoms with Crippen LogP contribution in [0.4, 0.5) is 0 Å². The van der Waals surface area contributed by atoms with E-state index in [2.05, 4.69) is 111 Å². The largest absolute Gasteiger partial charge is 0.236 e. The van der Waals surface area contributed by atoms with Crippen LogP contribution in [0.1, 0.15) is 45.7 Å². The Kier molecular flexibility index (Phi) is 5.42. The molecule has 1 aromatic heterocycles. The molecule has 0 radical (unpaired) electrons. The molecule has 1 heterocycles. The first-order valence-electron chi connectivity index (χ1n) is 10.8. The molecule has 0 spiro atoms. The second-order valence-electron chi connectivity index (χ2n) is 9.58. The highest BCUT2D eigenvalue weighted by molar-refractivity contribution is 5.91. The Morgan fingerprint density at radius 3 is 2.10 bits per heavy atom. The molecule has 2 nitrogen and oxygen atoms in total. The van der Waals surface area contributed by atoms with E-state index in [4.69, 9.17) is 0 Å². The highest BCUT2D eigenvalue weighted by atomic mass is 14.8. The monoisotopic (exact) mass is 394 g/mol. The maximum atomic E-state index is 4.61. The van der Waals surface area contributed by atoms with E-state index in [1.54, 1.807) is 6.33 Å². The minimum absolute atomic E-state index is 0.0533. The molecular weight excluding hydrogens is 364 g/mol. The van der Waals surface area contributed by atoms with Gasteiger partial charge in [-0.1, -0.05) is 83.1 Å². The minimum atomic E-state index is 0.0533. The molecule has 0 saturated carbocycles. The van der Waals surface area contributed by atoms with Crippen molar-refractivity contribution in [2.24, 2.45) is 5.92 Å². The van der Waals surface area contributed by atoms with Crippen LogP contribution in [0.2, 0.25) is 0 Å². The van der Waals surface area contributed by atoms with E-state index in [0.29, 0.717) is 5.92 Å². The van der Waals surface area contributed by atoms with E-state index in [1.165, 1.54) is 21.9 Å². The van der Waals surface area contributed by atoms with Crippen molar-refractivity contribution in [2.45, 2.75) is 46.5 Å². The topological polar surface area (TPSA) is 25.8 Å². The van der Waals surface area contributed by atoms with Crippen LogP contribution in [0.25, 0.3) is 33.3 Å². The van der Waals surface area contributed by atoms with Gasteiger partial charge in [-0.3, -0.25) is 0 Å². The molecule has 0 saturated heterocycles. The number of hydrogen-bond acceptors (Lipinski definition) is 2. The Bertz CT molecular complexity index is 1170. The summed E-state index contributed by atoms with van der Waals surface area (Å²) in [6.07, 6.45) is 2.78. The molecule has 0 aliphatic heterocycles. The van der Waals surface area contributed by atoms with Gasteiger partial charge < -0.3 is 0 Å². The van der Waals surface area contributed by atoms with Gasteiger partial charge in [-0.25, -0.2) is 9.97 Å². The number of rotatable bonds is 4. The molecule has 0 aliphatic rings. The summed E-state index contributed by atoms with van der Waals surface area (Å²) in [4.78, 5) is 9.16. The number of fused-ring (bicyclic) bond motifs is 1. The zero-order valence-electron chi connectivity index (χ0n) is 18.6. The van der Waals surface area contributed by atoms with Gasteiger partial charge in [0.15, 0.2) is 0 Å². The number of aromatic nitrogens is 2. The Balaban J connectivity index is 1.76. The van der Waals surface area contributed by atoms with E-state index >= 15 is 0 Å². The van der Waals surface area contributed by atoms with E-state index in [-0.39, 0.29) is 5.41 Å². The fourth-order valence-electron chi connectivity index (χ4n) is 4.04. The summed E-state index contributed by atoms with van der Waals surface area (Å²) >= 11 is 0. The van der Waals surface area contributed by atoms with Gasteiger partial charge in [0.2, 0.25) is 0 Å². The highest BCUT2D eigenvalue weighted by Gasteiger charge is 2.18. The van der Waals surface area contributed by atoms with Crippen molar-refractivity contribution >= 4 is 10.8 Å². The summed E-state index contributed by atoms with van der Waals surface area (Å²) in [6.45, 7) is 11.3. The van der Waals surface area contributed by atoms with E-state index in [1.807, 2.05) is 0 Å². The summed E-state index contributed by atoms with van der Waals surface area (Å²) in [7, 11) is 0. The number of hydrogen-bond donors (Lipinski definition) is 0. The molecule has 3 aromatic carbocycles. The van der Waals surface area contributed by atoms with Crippen LogP contribution >= 0.6 is 0 Å². The SMILES string of the molecule is CC(C)Cc1ccc(-c2cc(-c3cc(C(C)(C)C)c4ccccc4c3)ncn2)cc1. The molecule has 152 valence electrons. The quantitative estimate of drug-likeness (QED) is 0.359. The van der Waals surface area contributed by atoms with Crippen molar-refractivity contribution in [1.82, 2.24) is 9.97 Å². The second kappa shape index (κ2) is 8.02. The van der Waals surface area contributed by atoms with Gasteiger partial charge in [-0.2, -0.15) is 0 Å². The Morgan fingerprint density at radius 2 is 1.43 bits per heavy atom. The van der Waals surface area contributed by atoms with E-state index in [9.17, 15) is 0 Å². The average molecular weight is 395 g/mol. The third-order valence-corrected chi connectivity index (χ3v) is 5.53. The van der Waals surface area contributed by atoms with Crippen molar-refractivity contribution in [3.8, 4) is 22.5 Å². The van der Waals surface area contributed by atoms with Crippen LogP contribution in [0.15, 0.2) is 73.1 Å². The second-order valence-corrected chi connectivity index (χ2v) is 9.58. The zero-order valence-corrected chi connectivity index (χ0v) is 18.6. The van der Waals surface area contributed by atoms with Crippen LogP contribution in [0.5, 0.6) is 0 Å². The smallest absolute Gasteiger partial charge is 0.116 e. The Labute approximate surface area is 180 Å². The molecule has 0 unspecified atom stereocenters. The van der Waals surface area contributed by atoms with Crippen LogP contribution in [0.3, 0.4) is 0 Å². The lowest BCUT2D eigenvalue weighted by atomic mass is 9.82. The van der Waals surface area contributed by atoms with Crippen LogP contribution in [-0.4, -0.2) is 9.97 Å². The molecule has 0 aliphatic carbocycles. The molecule has 0 atom stereocenters. The van der Waals surface area contributed by atoms with Crippen molar-refractivity contribution in [3.63, 3.8) is 0 Å². The number of nitrogens with zero attached hydrogens (tertiary/aromatic N) is 2. The van der Waals surface area contributed by atoms with E-state index < -0.39 is 0 Å². The van der Waals surface area contributed by atoms with Crippen molar-refractivity contribution < 1.29 is 0 Å². The highest BCUT2D eigenvalue weighted by Crippen LogP contribution is 2.34. The molecule has 4 aromatic rings. The summed E-state index contributed by atoms with van der Waals surface area (Å²) < 4.78 is 0. The number of benzene rings is 3. The summed E-state index contributed by atoms with van der Waals surface area (Å²) in [5, 5.41) is 2.56. The lowest BCUT2D eigenvalue weighted by Crippen LogP contribution is -2.12. The fourth-order valence-corrected chi connectivity index (χ4v) is 4.04. The summed E-state index contributed by atoms with van der Waals surface area (Å²) in [6, 6.07) is 24.0. The Morgan fingerprint density at radius 1 is 0.767 bits per heavy atom. The lowest BCUT2D eigenvalue weighted by Gasteiger charge is -2.22. The average Bonchev–Trinajstić information content (AvgIpc) is 2.72. The third kappa shape index (κ3) is 4.28. The Hall–Kier alpha value is -3.00. The lowest BCUT2D eigenvalue weighted by molar-refractivity contribution is 0.596. The van der Waals surface area contributed by atoms with Gasteiger partial charge in [0.1, 0.15) is 6.33 Å². The molecular formula is C28H30N2. The van der Waals surface area contributed by atoms with Gasteiger partial charge in [0.25, 0.3) is 0 Å². The van der Waals surface area contributed by atoms with Gasteiger partial charge in [-0.15, -0.1) is 0 Å². The predicted molar refractivity (Wildman–Crippen MR) is 128 cm³/mol. The van der Waals surface area contributed by atoms with Crippen molar-refractivity contribution in [1.29, 1.82) is 0 Å². The fraction of sp³-hybridized carbons (Fsp3) is 0.286. The molecule has 0 fully saturated rings. The first kappa shape index (κ1) is 20.3. The van der Waals surface area contributed by atoms with Gasteiger partial charge in [0.05, 0.1) is 11.4 Å². The van der Waals surface area contributed by atoms with Gasteiger partial charge in [0, 0.05) is 11.1 Å². The van der Waals surface area contributed by atoms with Crippen LogP contribution < -0.4 is 0 Å². The zero-order chi connectivity index (χ0) is 21.3. The summed E-state index contributed by atoms with van der Waals surface area (Å²) in [5.41, 5.74) is 6.95. The molecule has 0 N–H and O–H groups in total. The maximum absolute atomic E-state index is 4.61. The molecule has 2 heteroatoms. The van der Waals surface area contributed by atoms with Crippen LogP contribution in [-0.2, 0) is 11.8 Å².